The Kier molecular flexibility index (Phi) is 5.96. The summed E-state index contributed by atoms with van der Waals surface area (Å²) in [7, 11) is 3.48. The molecule has 0 spiro atoms. The molecule has 0 saturated heterocycles. The number of methoxy groups -OCH3 is 1. The number of hydrogen-bond donors (Lipinski definition) is 1. The molecule has 1 aromatic carbocycles. The largest absolute Gasteiger partial charge is 0.550 e. The fourth-order valence-electron chi connectivity index (χ4n) is 3.20. The van der Waals surface area contributed by atoms with Crippen LogP contribution < -0.4 is 20.1 Å². The van der Waals surface area contributed by atoms with Crippen molar-refractivity contribution in [2.45, 2.75) is 13.8 Å². The number of hydrogen-bond acceptors (Lipinski definition) is 6. The number of fused-ring (bicyclic) bond motifs is 1. The summed E-state index contributed by atoms with van der Waals surface area (Å²) in [5, 5.41) is 13.1. The van der Waals surface area contributed by atoms with E-state index in [2.05, 4.69) is 34.8 Å². The van der Waals surface area contributed by atoms with Crippen LogP contribution in [0.15, 0.2) is 65.4 Å². The van der Waals surface area contributed by atoms with Crippen molar-refractivity contribution in [3.8, 4) is 5.75 Å². The summed E-state index contributed by atoms with van der Waals surface area (Å²) in [5.74, 6) is 0.297. The second-order valence-corrected chi connectivity index (χ2v) is 6.65. The Morgan fingerprint density at radius 2 is 1.90 bits per heavy atom. The maximum atomic E-state index is 8.89. The number of ether oxygens (including phenoxy) is 1. The lowest BCUT2D eigenvalue weighted by atomic mass is 10.1. The van der Waals surface area contributed by atoms with Gasteiger partial charge in [-0.05, 0) is 44.2 Å². The van der Waals surface area contributed by atoms with Crippen molar-refractivity contribution in [2.24, 2.45) is 12.0 Å². The molecule has 4 rings (SSSR count). The van der Waals surface area contributed by atoms with Crippen LogP contribution in [0.1, 0.15) is 25.1 Å². The molecule has 8 nitrogen and oxygen atoms in total. The van der Waals surface area contributed by atoms with Crippen LogP contribution in [0.2, 0.25) is 0 Å². The molecule has 0 amide bonds. The number of pyridine rings is 1. The lowest BCUT2D eigenvalue weighted by molar-refractivity contribution is -0.577. The van der Waals surface area contributed by atoms with Crippen molar-refractivity contribution >= 4 is 28.9 Å². The molecule has 1 aliphatic rings. The molecule has 3 aromatic rings. The van der Waals surface area contributed by atoms with Crippen molar-refractivity contribution in [3.05, 3.63) is 71.7 Å². The van der Waals surface area contributed by atoms with Gasteiger partial charge in [0.25, 0.3) is 0 Å². The average molecular weight is 405 g/mol. The van der Waals surface area contributed by atoms with E-state index in [1.54, 1.807) is 18.0 Å². The van der Waals surface area contributed by atoms with Crippen molar-refractivity contribution in [1.82, 2.24) is 9.78 Å². The number of nitrogens with zero attached hydrogens (tertiary/aromatic N) is 4. The van der Waals surface area contributed by atoms with Crippen molar-refractivity contribution < 1.29 is 19.2 Å². The third-order valence-electron chi connectivity index (χ3n) is 4.61. The molecule has 0 unspecified atom stereocenters. The number of carboxylic acids is 1. The SMILES string of the molecule is CC(=O)[O-].COc1ccc(C2=C(C)/C(=N\c3cnn(C)c3N)c3cccc[n+]32)cc1. The van der Waals surface area contributed by atoms with Crippen LogP contribution in [0, 0.1) is 0 Å². The molecule has 0 bridgehead atoms. The molecule has 1 aliphatic heterocycles. The highest BCUT2D eigenvalue weighted by Crippen LogP contribution is 2.29. The molecular formula is C22H23N5O3. The van der Waals surface area contributed by atoms with Crippen molar-refractivity contribution in [2.75, 3.05) is 12.8 Å². The minimum Gasteiger partial charge on any atom is -0.550 e. The lowest BCUT2D eigenvalue weighted by Gasteiger charge is -2.02. The molecule has 0 fully saturated rings. The van der Waals surface area contributed by atoms with Crippen LogP contribution >= 0.6 is 0 Å². The highest BCUT2D eigenvalue weighted by molar-refractivity contribution is 6.17. The van der Waals surface area contributed by atoms with Gasteiger partial charge in [-0.2, -0.15) is 9.67 Å². The molecule has 2 aromatic heterocycles. The smallest absolute Gasteiger partial charge is 0.237 e. The van der Waals surface area contributed by atoms with E-state index in [0.29, 0.717) is 11.5 Å². The summed E-state index contributed by atoms with van der Waals surface area (Å²) in [6, 6.07) is 14.1. The summed E-state index contributed by atoms with van der Waals surface area (Å²) in [6.45, 7) is 3.05. The number of benzene rings is 1. The Morgan fingerprint density at radius 3 is 2.47 bits per heavy atom. The zero-order chi connectivity index (χ0) is 21.8. The molecule has 0 aliphatic carbocycles. The average Bonchev–Trinajstić information content (AvgIpc) is 3.19. The first kappa shape index (κ1) is 20.8. The Labute approximate surface area is 174 Å². The number of aliphatic imine (C=N–C) groups is 1. The lowest BCUT2D eigenvalue weighted by Crippen LogP contribution is -2.34. The number of aryl methyl sites for hydroxylation is 1. The predicted octanol–water partition coefficient (Wildman–Crippen LogP) is 1.47. The third kappa shape index (κ3) is 4.07. The predicted molar refractivity (Wildman–Crippen MR) is 112 cm³/mol. The van der Waals surface area contributed by atoms with E-state index >= 15 is 0 Å². The molecule has 2 N–H and O–H groups in total. The van der Waals surface area contributed by atoms with E-state index in [0.717, 1.165) is 40.9 Å². The first-order valence-electron chi connectivity index (χ1n) is 9.24. The number of aromatic nitrogens is 3. The number of carbonyl (C=O) groups excluding carboxylic acids is 1. The van der Waals surface area contributed by atoms with Crippen LogP contribution in [-0.4, -0.2) is 28.6 Å². The van der Waals surface area contributed by atoms with Crippen LogP contribution in [0.4, 0.5) is 11.5 Å². The molecule has 8 heteroatoms. The maximum absolute atomic E-state index is 8.89. The number of carboxylic acid groups (broad SMARTS) is 1. The maximum Gasteiger partial charge on any atom is 0.237 e. The first-order valence-corrected chi connectivity index (χ1v) is 9.24. The number of allylic oxidation sites excluding steroid dienone is 1. The molecule has 0 radical (unpaired) electrons. The quantitative estimate of drug-likeness (QED) is 0.664. The minimum absolute atomic E-state index is 0.547. The molecular weight excluding hydrogens is 382 g/mol. The summed E-state index contributed by atoms with van der Waals surface area (Å²) in [4.78, 5) is 13.7. The van der Waals surface area contributed by atoms with E-state index in [9.17, 15) is 0 Å². The summed E-state index contributed by atoms with van der Waals surface area (Å²) in [6.07, 6.45) is 3.74. The van der Waals surface area contributed by atoms with Gasteiger partial charge in [0.1, 0.15) is 23.0 Å². The number of aliphatic carboxylic acids is 1. The minimum atomic E-state index is -1.08. The van der Waals surface area contributed by atoms with Crippen LogP contribution in [0.5, 0.6) is 5.75 Å². The summed E-state index contributed by atoms with van der Waals surface area (Å²) < 4.78 is 9.05. The molecule has 0 atom stereocenters. The Bertz CT molecular complexity index is 1140. The van der Waals surface area contributed by atoms with E-state index in [1.165, 1.54) is 0 Å². The van der Waals surface area contributed by atoms with E-state index in [-0.39, 0.29) is 0 Å². The van der Waals surface area contributed by atoms with Crippen LogP contribution in [-0.2, 0) is 11.8 Å². The zero-order valence-corrected chi connectivity index (χ0v) is 17.3. The number of rotatable bonds is 3. The van der Waals surface area contributed by atoms with Crippen LogP contribution in [0.25, 0.3) is 5.70 Å². The van der Waals surface area contributed by atoms with E-state index in [4.69, 9.17) is 25.4 Å². The second-order valence-electron chi connectivity index (χ2n) is 6.65. The van der Waals surface area contributed by atoms with Gasteiger partial charge < -0.3 is 20.4 Å². The standard InChI is InChI=1S/C20H19N5O.C2H4O2/c1-13-18(23-16-12-22-24(2)20(16)21)17-6-4-5-11-25(17)19(13)14-7-9-15(26-3)10-8-14;1-2(3)4/h4-12,21H,1-3H3;1H3,(H,3,4). The van der Waals surface area contributed by atoms with Gasteiger partial charge >= 0.3 is 0 Å². The zero-order valence-electron chi connectivity index (χ0n) is 17.3. The highest BCUT2D eigenvalue weighted by Gasteiger charge is 2.34. The van der Waals surface area contributed by atoms with Gasteiger partial charge in [0.05, 0.1) is 18.9 Å². The molecule has 3 heterocycles. The Balaban J connectivity index is 0.000000589. The number of carbonyl (C=O) groups is 1. The number of anilines is 1. The van der Waals surface area contributed by atoms with Gasteiger partial charge in [0.2, 0.25) is 11.4 Å². The van der Waals surface area contributed by atoms with Gasteiger partial charge in [-0.25, -0.2) is 4.99 Å². The molecule has 154 valence electrons. The third-order valence-corrected chi connectivity index (χ3v) is 4.61. The number of nitrogens with two attached hydrogens (primary N) is 1. The molecule has 0 saturated carbocycles. The van der Waals surface area contributed by atoms with Gasteiger partial charge in [-0.3, -0.25) is 4.68 Å². The van der Waals surface area contributed by atoms with Crippen molar-refractivity contribution in [3.63, 3.8) is 0 Å². The van der Waals surface area contributed by atoms with Gasteiger partial charge in [0, 0.05) is 30.7 Å². The fourth-order valence-corrected chi connectivity index (χ4v) is 3.20. The first-order chi connectivity index (χ1) is 14.3. The summed E-state index contributed by atoms with van der Waals surface area (Å²) in [5.41, 5.74) is 12.0. The topological polar surface area (TPSA) is 109 Å². The van der Waals surface area contributed by atoms with Gasteiger partial charge in [-0.15, -0.1) is 0 Å². The number of nitrogen functional groups attached to an aromatic ring is 1. The second kappa shape index (κ2) is 8.60. The van der Waals surface area contributed by atoms with Gasteiger partial charge in [0.15, 0.2) is 6.20 Å². The van der Waals surface area contributed by atoms with Crippen LogP contribution in [0.3, 0.4) is 0 Å². The fraction of sp³-hybridized carbons (Fsp3) is 0.182. The van der Waals surface area contributed by atoms with E-state index in [1.807, 2.05) is 37.5 Å². The van der Waals surface area contributed by atoms with E-state index < -0.39 is 5.97 Å². The molecule has 30 heavy (non-hydrogen) atoms. The van der Waals surface area contributed by atoms with Crippen molar-refractivity contribution in [1.29, 1.82) is 0 Å². The summed E-state index contributed by atoms with van der Waals surface area (Å²) >= 11 is 0. The van der Waals surface area contributed by atoms with Gasteiger partial charge in [-0.1, -0.05) is 0 Å². The Morgan fingerprint density at radius 1 is 1.23 bits per heavy atom. The monoisotopic (exact) mass is 405 g/mol. The normalized spacial score (nSPS) is 13.7. The Hall–Kier alpha value is -3.94. The highest BCUT2D eigenvalue weighted by atomic mass is 16.5.